The number of nitriles is 1. The van der Waals surface area contributed by atoms with E-state index >= 15 is 0 Å². The maximum atomic E-state index is 12.6. The highest BCUT2D eigenvalue weighted by Crippen LogP contribution is 2.28. The van der Waals surface area contributed by atoms with Crippen LogP contribution in [0.15, 0.2) is 48.5 Å². The molecule has 0 atom stereocenters. The van der Waals surface area contributed by atoms with E-state index in [1.807, 2.05) is 17.0 Å². The van der Waals surface area contributed by atoms with Gasteiger partial charge in [0, 0.05) is 19.2 Å². The molecule has 1 fully saturated rings. The third-order valence-electron chi connectivity index (χ3n) is 5.79. The number of rotatable bonds is 8. The van der Waals surface area contributed by atoms with Crippen LogP contribution in [-0.4, -0.2) is 37.6 Å². The Hall–Kier alpha value is -3.26. The number of methoxy groups -OCH3 is 1. The summed E-state index contributed by atoms with van der Waals surface area (Å²) in [6.45, 7) is 3.70. The zero-order valence-electron chi connectivity index (χ0n) is 18.3. The lowest BCUT2D eigenvalue weighted by molar-refractivity contribution is -0.127. The Morgan fingerprint density at radius 2 is 1.90 bits per heavy atom. The lowest BCUT2D eigenvalue weighted by Crippen LogP contribution is -2.37. The van der Waals surface area contributed by atoms with Crippen molar-refractivity contribution in [2.45, 2.75) is 32.6 Å². The standard InChI is InChI=1S/C26H30N2O3/c1-20-3-5-21(6-4-20)7-8-22-13-16-28(17-14-22)26(29)12-10-23-9-11-24(31-18-15-27)25(19-23)30-2/h3-6,9-12,19,22H,7-8,13-14,16-18H2,1-2H3/b12-10+. The summed E-state index contributed by atoms with van der Waals surface area (Å²) >= 11 is 0. The van der Waals surface area contributed by atoms with Crippen molar-refractivity contribution in [3.8, 4) is 17.6 Å². The Morgan fingerprint density at radius 1 is 1.16 bits per heavy atom. The molecular formula is C26H30N2O3. The Bertz CT molecular complexity index is 936. The van der Waals surface area contributed by atoms with Crippen LogP contribution in [0.25, 0.3) is 6.08 Å². The first-order valence-electron chi connectivity index (χ1n) is 10.8. The summed E-state index contributed by atoms with van der Waals surface area (Å²) < 4.78 is 10.6. The zero-order valence-corrected chi connectivity index (χ0v) is 18.3. The van der Waals surface area contributed by atoms with Crippen LogP contribution in [0.2, 0.25) is 0 Å². The number of nitrogens with zero attached hydrogens (tertiary/aromatic N) is 2. The lowest BCUT2D eigenvalue weighted by Gasteiger charge is -2.31. The number of likely N-dealkylation sites (tertiary alicyclic amines) is 1. The first kappa shape index (κ1) is 22.4. The predicted molar refractivity (Wildman–Crippen MR) is 122 cm³/mol. The quantitative estimate of drug-likeness (QED) is 0.578. The van der Waals surface area contributed by atoms with Crippen LogP contribution in [0.5, 0.6) is 11.5 Å². The fourth-order valence-corrected chi connectivity index (χ4v) is 3.86. The molecular weight excluding hydrogens is 388 g/mol. The second-order valence-corrected chi connectivity index (χ2v) is 7.98. The van der Waals surface area contributed by atoms with Gasteiger partial charge in [0.1, 0.15) is 6.07 Å². The number of aryl methyl sites for hydroxylation is 2. The zero-order chi connectivity index (χ0) is 22.1. The molecule has 5 nitrogen and oxygen atoms in total. The molecule has 31 heavy (non-hydrogen) atoms. The molecule has 0 unspecified atom stereocenters. The molecule has 1 heterocycles. The normalized spacial score (nSPS) is 14.4. The number of hydrogen-bond donors (Lipinski definition) is 0. The van der Waals surface area contributed by atoms with E-state index in [1.165, 1.54) is 17.5 Å². The van der Waals surface area contributed by atoms with Crippen LogP contribution in [0.3, 0.4) is 0 Å². The van der Waals surface area contributed by atoms with E-state index in [1.54, 1.807) is 31.4 Å². The highest BCUT2D eigenvalue weighted by molar-refractivity contribution is 5.91. The van der Waals surface area contributed by atoms with Gasteiger partial charge in [-0.05, 0) is 67.9 Å². The van der Waals surface area contributed by atoms with Crippen LogP contribution in [0.1, 0.15) is 36.0 Å². The van der Waals surface area contributed by atoms with Gasteiger partial charge >= 0.3 is 0 Å². The average molecular weight is 419 g/mol. The molecule has 2 aromatic rings. The highest BCUT2D eigenvalue weighted by atomic mass is 16.5. The summed E-state index contributed by atoms with van der Waals surface area (Å²) in [5.74, 6) is 1.78. The van der Waals surface area contributed by atoms with Crippen molar-refractivity contribution in [3.05, 3.63) is 65.2 Å². The molecule has 0 saturated carbocycles. The predicted octanol–water partition coefficient (Wildman–Crippen LogP) is 4.79. The summed E-state index contributed by atoms with van der Waals surface area (Å²) in [6, 6.07) is 16.1. The first-order valence-corrected chi connectivity index (χ1v) is 10.8. The number of benzene rings is 2. The Balaban J connectivity index is 1.47. The monoisotopic (exact) mass is 418 g/mol. The van der Waals surface area contributed by atoms with Gasteiger partial charge in [-0.2, -0.15) is 5.26 Å². The van der Waals surface area contributed by atoms with Gasteiger partial charge in [0.15, 0.2) is 18.1 Å². The molecule has 1 amide bonds. The lowest BCUT2D eigenvalue weighted by atomic mass is 9.90. The second-order valence-electron chi connectivity index (χ2n) is 7.98. The Morgan fingerprint density at radius 3 is 2.58 bits per heavy atom. The largest absolute Gasteiger partial charge is 0.493 e. The molecule has 1 aliphatic heterocycles. The van der Waals surface area contributed by atoms with Crippen LogP contribution in [0.4, 0.5) is 0 Å². The van der Waals surface area contributed by atoms with E-state index in [2.05, 4.69) is 31.2 Å². The summed E-state index contributed by atoms with van der Waals surface area (Å²) in [7, 11) is 1.55. The number of carbonyl (C=O) groups excluding carboxylic acids is 1. The molecule has 162 valence electrons. The summed E-state index contributed by atoms with van der Waals surface area (Å²) in [5, 5.41) is 8.65. The van der Waals surface area contributed by atoms with Gasteiger partial charge in [-0.3, -0.25) is 4.79 Å². The number of carbonyl (C=O) groups is 1. The van der Waals surface area contributed by atoms with Crippen molar-refractivity contribution >= 4 is 12.0 Å². The van der Waals surface area contributed by atoms with Crippen molar-refractivity contribution in [1.82, 2.24) is 4.90 Å². The number of piperidine rings is 1. The van der Waals surface area contributed by atoms with Gasteiger partial charge in [0.25, 0.3) is 0 Å². The highest BCUT2D eigenvalue weighted by Gasteiger charge is 2.21. The first-order chi connectivity index (χ1) is 15.1. The van der Waals surface area contributed by atoms with E-state index in [0.29, 0.717) is 17.4 Å². The molecule has 1 aliphatic rings. The molecule has 1 saturated heterocycles. The molecule has 0 aliphatic carbocycles. The van der Waals surface area contributed by atoms with Gasteiger partial charge in [-0.15, -0.1) is 0 Å². The van der Waals surface area contributed by atoms with Gasteiger partial charge in [-0.1, -0.05) is 35.9 Å². The van der Waals surface area contributed by atoms with Gasteiger partial charge < -0.3 is 14.4 Å². The molecule has 0 N–H and O–H groups in total. The number of hydrogen-bond acceptors (Lipinski definition) is 4. The van der Waals surface area contributed by atoms with Crippen LogP contribution in [0, 0.1) is 24.2 Å². The van der Waals surface area contributed by atoms with Gasteiger partial charge in [-0.25, -0.2) is 0 Å². The third-order valence-corrected chi connectivity index (χ3v) is 5.79. The summed E-state index contributed by atoms with van der Waals surface area (Å²) in [4.78, 5) is 14.5. The Labute approximate surface area is 184 Å². The topological polar surface area (TPSA) is 62.6 Å². The van der Waals surface area contributed by atoms with Crippen molar-refractivity contribution in [2.75, 3.05) is 26.8 Å². The van der Waals surface area contributed by atoms with Crippen molar-refractivity contribution in [1.29, 1.82) is 5.26 Å². The van der Waals surface area contributed by atoms with Crippen molar-refractivity contribution < 1.29 is 14.3 Å². The van der Waals surface area contributed by atoms with E-state index in [0.717, 1.165) is 37.9 Å². The van der Waals surface area contributed by atoms with Crippen LogP contribution < -0.4 is 9.47 Å². The molecule has 0 spiro atoms. The van der Waals surface area contributed by atoms with Crippen LogP contribution in [-0.2, 0) is 11.2 Å². The van der Waals surface area contributed by atoms with Crippen molar-refractivity contribution in [3.63, 3.8) is 0 Å². The molecule has 3 rings (SSSR count). The SMILES string of the molecule is COc1cc(/C=C/C(=O)N2CCC(CCc3ccc(C)cc3)CC2)ccc1OCC#N. The minimum absolute atomic E-state index is 0.0367. The van der Waals surface area contributed by atoms with E-state index < -0.39 is 0 Å². The molecule has 0 aromatic heterocycles. The summed E-state index contributed by atoms with van der Waals surface area (Å²) in [6.07, 6.45) is 7.82. The van der Waals surface area contributed by atoms with Crippen molar-refractivity contribution in [2.24, 2.45) is 5.92 Å². The van der Waals surface area contributed by atoms with Crippen LogP contribution >= 0.6 is 0 Å². The average Bonchev–Trinajstić information content (AvgIpc) is 2.81. The maximum Gasteiger partial charge on any atom is 0.246 e. The number of ether oxygens (including phenoxy) is 2. The molecule has 0 radical (unpaired) electrons. The smallest absolute Gasteiger partial charge is 0.246 e. The minimum atomic E-state index is -0.0367. The molecule has 5 heteroatoms. The number of amides is 1. The fourth-order valence-electron chi connectivity index (χ4n) is 3.86. The fraction of sp³-hybridized carbons (Fsp3) is 0.385. The Kier molecular flexibility index (Phi) is 8.12. The van der Waals surface area contributed by atoms with Gasteiger partial charge in [0.05, 0.1) is 7.11 Å². The van der Waals surface area contributed by atoms with E-state index in [9.17, 15) is 4.79 Å². The maximum absolute atomic E-state index is 12.6. The molecule has 2 aromatic carbocycles. The second kappa shape index (κ2) is 11.2. The summed E-state index contributed by atoms with van der Waals surface area (Å²) in [5.41, 5.74) is 3.54. The molecule has 0 bridgehead atoms. The minimum Gasteiger partial charge on any atom is -0.493 e. The van der Waals surface area contributed by atoms with E-state index in [-0.39, 0.29) is 12.5 Å². The third kappa shape index (κ3) is 6.62. The van der Waals surface area contributed by atoms with E-state index in [4.69, 9.17) is 14.7 Å². The van der Waals surface area contributed by atoms with Gasteiger partial charge in [0.2, 0.25) is 5.91 Å².